The summed E-state index contributed by atoms with van der Waals surface area (Å²) >= 11 is 7.06. The fourth-order valence-corrected chi connectivity index (χ4v) is 3.35. The highest BCUT2D eigenvalue weighted by atomic mass is 79.9. The molecule has 0 aliphatic rings. The van der Waals surface area contributed by atoms with Crippen LogP contribution in [0.1, 0.15) is 22.7 Å². The van der Waals surface area contributed by atoms with Gasteiger partial charge in [-0.2, -0.15) is 0 Å². The van der Waals surface area contributed by atoms with Crippen molar-refractivity contribution in [2.75, 3.05) is 7.05 Å². The summed E-state index contributed by atoms with van der Waals surface area (Å²) in [5.74, 6) is 0. The Morgan fingerprint density at radius 3 is 2.39 bits per heavy atom. The van der Waals surface area contributed by atoms with Crippen LogP contribution in [0.25, 0.3) is 0 Å². The van der Waals surface area contributed by atoms with E-state index >= 15 is 0 Å². The topological polar surface area (TPSA) is 24.9 Å². The predicted octanol–water partition coefficient (Wildman–Crippen LogP) is 4.22. The van der Waals surface area contributed by atoms with Crippen LogP contribution in [0.3, 0.4) is 0 Å². The molecule has 94 valence electrons. The highest BCUT2D eigenvalue weighted by Gasteiger charge is 2.15. The first kappa shape index (κ1) is 13.7. The Kier molecular flexibility index (Phi) is 4.54. The van der Waals surface area contributed by atoms with Gasteiger partial charge in [-0.25, -0.2) is 0 Å². The van der Waals surface area contributed by atoms with Crippen molar-refractivity contribution in [3.8, 4) is 0 Å². The zero-order valence-electron chi connectivity index (χ0n) is 10.2. The number of pyridine rings is 1. The number of halogens is 2. The summed E-state index contributed by atoms with van der Waals surface area (Å²) < 4.78 is 2.13. The fraction of sp³-hybridized carbons (Fsp3) is 0.214. The highest BCUT2D eigenvalue weighted by molar-refractivity contribution is 9.11. The molecule has 0 amide bonds. The molecule has 18 heavy (non-hydrogen) atoms. The van der Waals surface area contributed by atoms with Gasteiger partial charge in [-0.05, 0) is 54.9 Å². The molecule has 2 nitrogen and oxygen atoms in total. The average Bonchev–Trinajstić information content (AvgIpc) is 2.31. The van der Waals surface area contributed by atoms with E-state index in [2.05, 4.69) is 61.2 Å². The largest absolute Gasteiger partial charge is 0.309 e. The predicted molar refractivity (Wildman–Crippen MR) is 81.7 cm³/mol. The lowest BCUT2D eigenvalue weighted by Crippen LogP contribution is -2.19. The molecule has 1 aromatic carbocycles. The van der Waals surface area contributed by atoms with E-state index in [-0.39, 0.29) is 6.04 Å². The van der Waals surface area contributed by atoms with Gasteiger partial charge in [-0.3, -0.25) is 4.98 Å². The molecule has 1 atom stereocenters. The summed E-state index contributed by atoms with van der Waals surface area (Å²) in [7, 11) is 1.96. The van der Waals surface area contributed by atoms with Crippen LogP contribution >= 0.6 is 31.9 Å². The lowest BCUT2D eigenvalue weighted by Gasteiger charge is -2.19. The van der Waals surface area contributed by atoms with Gasteiger partial charge in [-0.15, -0.1) is 0 Å². The summed E-state index contributed by atoms with van der Waals surface area (Å²) in [6, 6.07) is 8.46. The monoisotopic (exact) mass is 368 g/mol. The fourth-order valence-electron chi connectivity index (χ4n) is 2.02. The second-order valence-corrected chi connectivity index (χ2v) is 5.99. The van der Waals surface area contributed by atoms with Crippen molar-refractivity contribution in [1.82, 2.24) is 10.3 Å². The van der Waals surface area contributed by atoms with Gasteiger partial charge in [-0.1, -0.05) is 31.9 Å². The molecule has 0 radical (unpaired) electrons. The number of aryl methyl sites for hydroxylation is 1. The lowest BCUT2D eigenvalue weighted by atomic mass is 9.97. The van der Waals surface area contributed by atoms with Gasteiger partial charge >= 0.3 is 0 Å². The van der Waals surface area contributed by atoms with Crippen LogP contribution in [0.5, 0.6) is 0 Å². The van der Waals surface area contributed by atoms with E-state index in [4.69, 9.17) is 0 Å². The average molecular weight is 370 g/mol. The first-order valence-corrected chi connectivity index (χ1v) is 7.24. The van der Waals surface area contributed by atoms with Crippen molar-refractivity contribution in [3.63, 3.8) is 0 Å². The van der Waals surface area contributed by atoms with Gasteiger partial charge in [0.1, 0.15) is 0 Å². The molecule has 2 aromatic rings. The van der Waals surface area contributed by atoms with Gasteiger partial charge in [0, 0.05) is 21.3 Å². The van der Waals surface area contributed by atoms with Crippen molar-refractivity contribution >= 4 is 31.9 Å². The maximum atomic E-state index is 4.22. The molecule has 0 saturated carbocycles. The van der Waals surface area contributed by atoms with Crippen LogP contribution in [0, 0.1) is 6.92 Å². The maximum Gasteiger partial charge on any atom is 0.0592 e. The second kappa shape index (κ2) is 5.95. The van der Waals surface area contributed by atoms with Gasteiger partial charge in [0.25, 0.3) is 0 Å². The number of hydrogen-bond acceptors (Lipinski definition) is 2. The standard InChI is InChI=1S/C14H14Br2N2/c1-9-3-4-18-8-13(9)14(17-2)10-5-11(15)7-12(16)6-10/h3-8,14,17H,1-2H3. The molecular weight excluding hydrogens is 356 g/mol. The maximum absolute atomic E-state index is 4.22. The van der Waals surface area contributed by atoms with Gasteiger partial charge in [0.05, 0.1) is 6.04 Å². The van der Waals surface area contributed by atoms with Gasteiger partial charge < -0.3 is 5.32 Å². The van der Waals surface area contributed by atoms with Crippen molar-refractivity contribution in [3.05, 3.63) is 62.3 Å². The van der Waals surface area contributed by atoms with Gasteiger partial charge in [0.2, 0.25) is 0 Å². The number of benzene rings is 1. The van der Waals surface area contributed by atoms with E-state index in [0.29, 0.717) is 0 Å². The Morgan fingerprint density at radius 1 is 1.17 bits per heavy atom. The Hall–Kier alpha value is -0.710. The molecule has 0 saturated heterocycles. The molecule has 2 rings (SSSR count). The van der Waals surface area contributed by atoms with E-state index in [1.807, 2.05) is 31.6 Å². The van der Waals surface area contributed by atoms with E-state index < -0.39 is 0 Å². The summed E-state index contributed by atoms with van der Waals surface area (Å²) in [5, 5.41) is 3.35. The third kappa shape index (κ3) is 2.99. The van der Waals surface area contributed by atoms with Crippen molar-refractivity contribution in [2.45, 2.75) is 13.0 Å². The molecule has 4 heteroatoms. The molecule has 1 N–H and O–H groups in total. The van der Waals surface area contributed by atoms with Crippen LogP contribution < -0.4 is 5.32 Å². The van der Waals surface area contributed by atoms with Crippen molar-refractivity contribution < 1.29 is 0 Å². The minimum atomic E-state index is 0.146. The Labute approximate surface area is 124 Å². The number of nitrogens with one attached hydrogen (secondary N) is 1. The summed E-state index contributed by atoms with van der Waals surface area (Å²) in [6.07, 6.45) is 3.74. The number of aromatic nitrogens is 1. The first-order chi connectivity index (χ1) is 8.61. The Morgan fingerprint density at radius 2 is 1.83 bits per heavy atom. The van der Waals surface area contributed by atoms with Crippen molar-refractivity contribution in [1.29, 1.82) is 0 Å². The van der Waals surface area contributed by atoms with Crippen molar-refractivity contribution in [2.24, 2.45) is 0 Å². The molecular formula is C14H14Br2N2. The molecule has 1 unspecified atom stereocenters. The molecule has 0 fully saturated rings. The third-order valence-electron chi connectivity index (χ3n) is 2.90. The smallest absolute Gasteiger partial charge is 0.0592 e. The minimum absolute atomic E-state index is 0.146. The molecule has 0 spiro atoms. The van der Waals surface area contributed by atoms with Crippen LogP contribution in [0.4, 0.5) is 0 Å². The molecule has 1 aromatic heterocycles. The zero-order chi connectivity index (χ0) is 13.1. The normalized spacial score (nSPS) is 12.4. The molecule has 0 aliphatic carbocycles. The van der Waals surface area contributed by atoms with Crippen LogP contribution in [-0.2, 0) is 0 Å². The summed E-state index contributed by atoms with van der Waals surface area (Å²) in [4.78, 5) is 4.22. The summed E-state index contributed by atoms with van der Waals surface area (Å²) in [6.45, 7) is 2.11. The Balaban J connectivity index is 2.48. The number of nitrogens with zero attached hydrogens (tertiary/aromatic N) is 1. The molecule has 1 heterocycles. The lowest BCUT2D eigenvalue weighted by molar-refractivity contribution is 0.683. The van der Waals surface area contributed by atoms with Crippen LogP contribution in [0.15, 0.2) is 45.6 Å². The van der Waals surface area contributed by atoms with Crippen LogP contribution in [-0.4, -0.2) is 12.0 Å². The zero-order valence-corrected chi connectivity index (χ0v) is 13.4. The van der Waals surface area contributed by atoms with E-state index in [0.717, 1.165) is 8.95 Å². The van der Waals surface area contributed by atoms with Crippen LogP contribution in [0.2, 0.25) is 0 Å². The second-order valence-electron chi connectivity index (χ2n) is 4.16. The third-order valence-corrected chi connectivity index (χ3v) is 3.81. The van der Waals surface area contributed by atoms with E-state index in [1.165, 1.54) is 16.7 Å². The first-order valence-electron chi connectivity index (χ1n) is 5.65. The van der Waals surface area contributed by atoms with Gasteiger partial charge in [0.15, 0.2) is 0 Å². The number of hydrogen-bond donors (Lipinski definition) is 1. The minimum Gasteiger partial charge on any atom is -0.309 e. The van der Waals surface area contributed by atoms with E-state index in [1.54, 1.807) is 0 Å². The quantitative estimate of drug-likeness (QED) is 0.875. The molecule has 0 aliphatic heterocycles. The van der Waals surface area contributed by atoms with E-state index in [9.17, 15) is 0 Å². The SMILES string of the molecule is CNC(c1cc(Br)cc(Br)c1)c1cnccc1C. The highest BCUT2D eigenvalue weighted by Crippen LogP contribution is 2.29. The molecule has 0 bridgehead atoms. The summed E-state index contributed by atoms with van der Waals surface area (Å²) in [5.41, 5.74) is 3.64. The number of rotatable bonds is 3. The Bertz CT molecular complexity index is 535.